The molecule has 1 aliphatic heterocycles. The molecule has 2 fully saturated rings. The van der Waals surface area contributed by atoms with E-state index in [0.29, 0.717) is 42.9 Å². The van der Waals surface area contributed by atoms with Crippen LogP contribution in [-0.4, -0.2) is 53.9 Å². The maximum atomic E-state index is 13.1. The average Bonchev–Trinajstić information content (AvgIpc) is 3.40. The normalized spacial score (nSPS) is 20.7. The first-order valence-electron chi connectivity index (χ1n) is 9.51. The van der Waals surface area contributed by atoms with E-state index in [-0.39, 0.29) is 6.04 Å². The molecule has 0 N–H and O–H groups in total. The van der Waals surface area contributed by atoms with E-state index in [1.54, 1.807) is 10.4 Å². The largest absolute Gasteiger partial charge is 0.338 e. The van der Waals surface area contributed by atoms with Gasteiger partial charge >= 0.3 is 0 Å². The van der Waals surface area contributed by atoms with Gasteiger partial charge in [-0.3, -0.25) is 4.90 Å². The lowest BCUT2D eigenvalue weighted by Crippen LogP contribution is -2.49. The summed E-state index contributed by atoms with van der Waals surface area (Å²) in [5.41, 5.74) is 1.74. The van der Waals surface area contributed by atoms with Gasteiger partial charge < -0.3 is 4.52 Å². The number of aromatic nitrogens is 2. The van der Waals surface area contributed by atoms with Crippen molar-refractivity contribution < 1.29 is 12.9 Å². The van der Waals surface area contributed by atoms with E-state index >= 15 is 0 Å². The van der Waals surface area contributed by atoms with Gasteiger partial charge in [-0.1, -0.05) is 17.3 Å². The van der Waals surface area contributed by atoms with Gasteiger partial charge in [0.15, 0.2) is 5.82 Å². The summed E-state index contributed by atoms with van der Waals surface area (Å²) in [6.45, 7) is 8.02. The van der Waals surface area contributed by atoms with Gasteiger partial charge in [-0.15, -0.1) is 0 Å². The monoisotopic (exact) mass is 390 g/mol. The highest BCUT2D eigenvalue weighted by molar-refractivity contribution is 7.89. The van der Waals surface area contributed by atoms with E-state index < -0.39 is 10.0 Å². The molecule has 1 saturated carbocycles. The molecule has 2 aliphatic rings. The molecular formula is C19H26N4O3S. The lowest BCUT2D eigenvalue weighted by atomic mass is 10.2. The van der Waals surface area contributed by atoms with Crippen LogP contribution < -0.4 is 0 Å². The van der Waals surface area contributed by atoms with Crippen molar-refractivity contribution in [1.29, 1.82) is 0 Å². The second kappa shape index (κ2) is 7.00. The highest BCUT2D eigenvalue weighted by atomic mass is 32.2. The van der Waals surface area contributed by atoms with Gasteiger partial charge in [-0.25, -0.2) is 8.42 Å². The van der Waals surface area contributed by atoms with E-state index in [1.165, 1.54) is 0 Å². The minimum atomic E-state index is -3.47. The van der Waals surface area contributed by atoms with Gasteiger partial charge in [0.2, 0.25) is 15.9 Å². The predicted molar refractivity (Wildman–Crippen MR) is 101 cm³/mol. The van der Waals surface area contributed by atoms with Gasteiger partial charge in [0.25, 0.3) is 0 Å². The van der Waals surface area contributed by atoms with Crippen LogP contribution in [0.5, 0.6) is 0 Å². The van der Waals surface area contributed by atoms with Crippen LogP contribution in [0.4, 0.5) is 0 Å². The zero-order valence-electron chi connectivity index (χ0n) is 16.1. The van der Waals surface area contributed by atoms with Crippen molar-refractivity contribution in [3.05, 3.63) is 41.0 Å². The molecule has 1 unspecified atom stereocenters. The standard InChI is InChI=1S/C19H26N4O3S/c1-13-4-5-14(2)17(12-13)27(24,25)23-10-8-22(9-11-23)15(3)19-20-18(21-26-19)16-6-7-16/h4-5,12,15-16H,6-11H2,1-3H3. The molecule has 2 aromatic rings. The van der Waals surface area contributed by atoms with Crippen molar-refractivity contribution in [2.75, 3.05) is 26.2 Å². The maximum absolute atomic E-state index is 13.1. The highest BCUT2D eigenvalue weighted by Crippen LogP contribution is 2.38. The Bertz CT molecular complexity index is 928. The van der Waals surface area contributed by atoms with Crippen LogP contribution in [0.15, 0.2) is 27.6 Å². The highest BCUT2D eigenvalue weighted by Gasteiger charge is 2.34. The second-order valence-electron chi connectivity index (χ2n) is 7.65. The van der Waals surface area contributed by atoms with Gasteiger partial charge in [0.1, 0.15) is 0 Å². The summed E-state index contributed by atoms with van der Waals surface area (Å²) in [6.07, 6.45) is 2.28. The molecule has 4 rings (SSSR count). The zero-order chi connectivity index (χ0) is 19.2. The minimum absolute atomic E-state index is 0.00411. The summed E-state index contributed by atoms with van der Waals surface area (Å²) in [6, 6.07) is 5.56. The molecule has 0 amide bonds. The Morgan fingerprint density at radius 2 is 1.85 bits per heavy atom. The number of aryl methyl sites for hydroxylation is 2. The van der Waals surface area contributed by atoms with Crippen molar-refractivity contribution in [3.8, 4) is 0 Å². The Morgan fingerprint density at radius 3 is 2.52 bits per heavy atom. The Labute approximate surface area is 160 Å². The van der Waals surface area contributed by atoms with Crippen molar-refractivity contribution in [2.24, 2.45) is 0 Å². The number of sulfonamides is 1. The molecule has 0 radical (unpaired) electrons. The first-order valence-corrected chi connectivity index (χ1v) is 10.9. The predicted octanol–water partition coefficient (Wildman–Crippen LogP) is 2.63. The number of hydrogen-bond donors (Lipinski definition) is 0. The van der Waals surface area contributed by atoms with Crippen LogP contribution in [0.25, 0.3) is 0 Å². The molecule has 8 heteroatoms. The molecule has 146 valence electrons. The van der Waals surface area contributed by atoms with Gasteiger partial charge in [-0.2, -0.15) is 9.29 Å². The lowest BCUT2D eigenvalue weighted by Gasteiger charge is -2.36. The van der Waals surface area contributed by atoms with Crippen LogP contribution >= 0.6 is 0 Å². The number of piperazine rings is 1. The summed E-state index contributed by atoms with van der Waals surface area (Å²) >= 11 is 0. The summed E-state index contributed by atoms with van der Waals surface area (Å²) in [5.74, 6) is 1.91. The molecule has 27 heavy (non-hydrogen) atoms. The number of rotatable bonds is 5. The van der Waals surface area contributed by atoms with Crippen LogP contribution in [0.1, 0.15) is 54.6 Å². The molecule has 1 aliphatic carbocycles. The fourth-order valence-corrected chi connectivity index (χ4v) is 5.27. The second-order valence-corrected chi connectivity index (χ2v) is 9.56. The third kappa shape index (κ3) is 3.66. The number of nitrogens with zero attached hydrogens (tertiary/aromatic N) is 4. The lowest BCUT2D eigenvalue weighted by molar-refractivity contribution is 0.124. The molecule has 0 spiro atoms. The van der Waals surface area contributed by atoms with Crippen molar-refractivity contribution in [1.82, 2.24) is 19.3 Å². The van der Waals surface area contributed by atoms with Crippen LogP contribution in [0.2, 0.25) is 0 Å². The summed E-state index contributed by atoms with van der Waals surface area (Å²) in [7, 11) is -3.47. The van der Waals surface area contributed by atoms with Gasteiger partial charge in [-0.05, 0) is 50.8 Å². The third-order valence-electron chi connectivity index (χ3n) is 5.54. The maximum Gasteiger partial charge on any atom is 0.243 e. The van der Waals surface area contributed by atoms with Crippen molar-refractivity contribution in [3.63, 3.8) is 0 Å². The molecule has 7 nitrogen and oxygen atoms in total. The van der Waals surface area contributed by atoms with Crippen LogP contribution in [0, 0.1) is 13.8 Å². The minimum Gasteiger partial charge on any atom is -0.338 e. The van der Waals surface area contributed by atoms with Crippen LogP contribution in [-0.2, 0) is 10.0 Å². The zero-order valence-corrected chi connectivity index (χ0v) is 16.9. The first-order chi connectivity index (χ1) is 12.9. The smallest absolute Gasteiger partial charge is 0.243 e. The van der Waals surface area contributed by atoms with E-state index in [4.69, 9.17) is 4.52 Å². The van der Waals surface area contributed by atoms with Gasteiger partial charge in [0, 0.05) is 32.1 Å². The SMILES string of the molecule is Cc1ccc(C)c(S(=O)(=O)N2CCN(C(C)c3nc(C4CC4)no3)CC2)c1. The first kappa shape index (κ1) is 18.6. The van der Waals surface area contributed by atoms with E-state index in [2.05, 4.69) is 15.0 Å². The summed E-state index contributed by atoms with van der Waals surface area (Å²) in [5, 5.41) is 4.09. The topological polar surface area (TPSA) is 79.5 Å². The molecule has 2 heterocycles. The fraction of sp³-hybridized carbons (Fsp3) is 0.579. The van der Waals surface area contributed by atoms with E-state index in [1.807, 2.05) is 32.9 Å². The van der Waals surface area contributed by atoms with E-state index in [0.717, 1.165) is 29.8 Å². The number of hydrogen-bond acceptors (Lipinski definition) is 6. The number of benzene rings is 1. The summed E-state index contributed by atoms with van der Waals surface area (Å²) < 4.78 is 33.1. The Hall–Kier alpha value is -1.77. The van der Waals surface area contributed by atoms with E-state index in [9.17, 15) is 8.42 Å². The Kier molecular flexibility index (Phi) is 4.82. The molecule has 1 saturated heterocycles. The van der Waals surface area contributed by atoms with Crippen molar-refractivity contribution in [2.45, 2.75) is 50.5 Å². The molecular weight excluding hydrogens is 364 g/mol. The Balaban J connectivity index is 1.44. The van der Waals surface area contributed by atoms with Crippen LogP contribution in [0.3, 0.4) is 0 Å². The average molecular weight is 391 g/mol. The molecule has 1 aromatic heterocycles. The Morgan fingerprint density at radius 1 is 1.15 bits per heavy atom. The fourth-order valence-electron chi connectivity index (χ4n) is 3.54. The molecule has 1 aromatic carbocycles. The third-order valence-corrected chi connectivity index (χ3v) is 7.58. The van der Waals surface area contributed by atoms with Gasteiger partial charge in [0.05, 0.1) is 10.9 Å². The quantitative estimate of drug-likeness (QED) is 0.781. The summed E-state index contributed by atoms with van der Waals surface area (Å²) in [4.78, 5) is 7.15. The molecule has 1 atom stereocenters. The van der Waals surface area contributed by atoms with Crippen molar-refractivity contribution >= 4 is 10.0 Å². The molecule has 0 bridgehead atoms.